The van der Waals surface area contributed by atoms with Gasteiger partial charge in [-0.2, -0.15) is 0 Å². The topological polar surface area (TPSA) is 80.5 Å². The van der Waals surface area contributed by atoms with Crippen LogP contribution in [-0.2, 0) is 28.1 Å². The number of aromatic nitrogens is 3. The molecule has 4 atom stereocenters. The van der Waals surface area contributed by atoms with Crippen molar-refractivity contribution in [3.8, 4) is 0 Å². The van der Waals surface area contributed by atoms with Gasteiger partial charge in [0.2, 0.25) is 8.41 Å². The number of carbonyl (C=O) groups is 1. The van der Waals surface area contributed by atoms with Gasteiger partial charge in [0.1, 0.15) is 0 Å². The number of aryl methyl sites for hydroxylation is 1. The van der Waals surface area contributed by atoms with Crippen molar-refractivity contribution in [1.82, 2.24) is 15.0 Å². The lowest BCUT2D eigenvalue weighted by Gasteiger charge is -2.31. The zero-order chi connectivity index (χ0) is 24.0. The molecule has 0 radical (unpaired) electrons. The number of aliphatic hydroxyl groups is 1. The summed E-state index contributed by atoms with van der Waals surface area (Å²) in [6.45, 7) is 9.88. The third-order valence-corrected chi connectivity index (χ3v) is 9.52. The first-order chi connectivity index (χ1) is 15.6. The quantitative estimate of drug-likeness (QED) is 0.344. The van der Waals surface area contributed by atoms with Gasteiger partial charge in [-0.15, -0.1) is 11.7 Å². The van der Waals surface area contributed by atoms with Gasteiger partial charge in [0.15, 0.2) is 5.60 Å². The van der Waals surface area contributed by atoms with Gasteiger partial charge in [-0.25, -0.2) is 0 Å². The number of carbonyl (C=O) groups excluding carboxylic acids is 1. The van der Waals surface area contributed by atoms with Crippen LogP contribution in [0, 0.1) is 5.92 Å². The van der Waals surface area contributed by atoms with Gasteiger partial charge < -0.3 is 18.9 Å². The van der Waals surface area contributed by atoms with Gasteiger partial charge in [0.05, 0.1) is 17.5 Å². The molecule has 10 heteroatoms. The minimum absolute atomic E-state index is 0.000528. The van der Waals surface area contributed by atoms with E-state index in [0.29, 0.717) is 42.2 Å². The van der Waals surface area contributed by atoms with E-state index < -0.39 is 25.7 Å². The summed E-state index contributed by atoms with van der Waals surface area (Å²) in [5.41, 5.74) is 0.461. The zero-order valence-electron chi connectivity index (χ0n) is 19.2. The van der Waals surface area contributed by atoms with Gasteiger partial charge in [0.25, 0.3) is 5.91 Å². The molecule has 1 fully saturated rings. The number of amides is 1. The number of benzene rings is 1. The Morgan fingerprint density at radius 2 is 2.18 bits per heavy atom. The van der Waals surface area contributed by atoms with E-state index >= 15 is 4.11 Å². The predicted molar refractivity (Wildman–Crippen MR) is 127 cm³/mol. The normalized spacial score (nSPS) is 26.9. The second-order valence-electron chi connectivity index (χ2n) is 9.37. The Bertz CT molecular complexity index is 1060. The largest absolute Gasteiger partial charge is 0.396 e. The van der Waals surface area contributed by atoms with E-state index in [0.717, 1.165) is 5.69 Å². The van der Waals surface area contributed by atoms with Crippen molar-refractivity contribution < 1.29 is 18.7 Å². The molecule has 7 nitrogen and oxygen atoms in total. The molecule has 1 aromatic carbocycles. The molecule has 2 aromatic rings. The summed E-state index contributed by atoms with van der Waals surface area (Å²) >= 11 is 6.33. The van der Waals surface area contributed by atoms with Crippen molar-refractivity contribution in [3.05, 3.63) is 53.3 Å². The van der Waals surface area contributed by atoms with Crippen molar-refractivity contribution in [2.45, 2.75) is 56.7 Å². The maximum Gasteiger partial charge on any atom is 0.264 e. The van der Waals surface area contributed by atoms with Gasteiger partial charge in [-0.3, -0.25) is 9.48 Å². The Labute approximate surface area is 199 Å². The van der Waals surface area contributed by atoms with E-state index in [4.69, 9.17) is 21.4 Å². The summed E-state index contributed by atoms with van der Waals surface area (Å²) < 4.78 is 24.0. The number of hydrogen-bond donors (Lipinski definition) is 1. The van der Waals surface area contributed by atoms with Crippen LogP contribution in [0.25, 0.3) is 0 Å². The maximum absolute atomic E-state index is 15.7. The smallest absolute Gasteiger partial charge is 0.264 e. The number of nitrogens with zero attached hydrogens (tertiary/aromatic N) is 4. The minimum atomic E-state index is -3.22. The summed E-state index contributed by atoms with van der Waals surface area (Å²) in [5.74, 6) is -0.557. The molecule has 0 unspecified atom stereocenters. The van der Waals surface area contributed by atoms with Crippen molar-refractivity contribution in [1.29, 1.82) is 0 Å². The number of rotatable bonds is 8. The SMILES string of the molecule is C=CCN1C(=O)[C@]2(O[C@H](CCn3cc(CCO)nn3)[C@@H]([Si](C)(C)F)[C@@H]2C)c2cc(Cl)ccc21. The molecule has 1 saturated heterocycles. The number of ether oxygens (including phenoxy) is 1. The Kier molecular flexibility index (Phi) is 6.52. The first-order valence-electron chi connectivity index (χ1n) is 11.2. The highest BCUT2D eigenvalue weighted by molar-refractivity contribution is 6.72. The molecule has 3 heterocycles. The fraction of sp³-hybridized carbons (Fsp3) is 0.522. The van der Waals surface area contributed by atoms with Crippen LogP contribution < -0.4 is 4.90 Å². The highest BCUT2D eigenvalue weighted by Crippen LogP contribution is 2.60. The molecule has 33 heavy (non-hydrogen) atoms. The number of aliphatic hydroxyl groups excluding tert-OH is 1. The van der Waals surface area contributed by atoms with Gasteiger partial charge in [0, 0.05) is 54.4 Å². The first-order valence-corrected chi connectivity index (χ1v) is 14.6. The molecular weight excluding hydrogens is 463 g/mol. The molecule has 0 bridgehead atoms. The molecule has 0 aliphatic carbocycles. The van der Waals surface area contributed by atoms with Crippen LogP contribution in [0.2, 0.25) is 23.7 Å². The molecule has 2 aliphatic rings. The molecule has 1 spiro atoms. The highest BCUT2D eigenvalue weighted by Gasteiger charge is 2.66. The van der Waals surface area contributed by atoms with Gasteiger partial charge in [-0.05, 0) is 37.7 Å². The lowest BCUT2D eigenvalue weighted by Crippen LogP contribution is -2.45. The van der Waals surface area contributed by atoms with E-state index in [1.807, 2.05) is 13.0 Å². The van der Waals surface area contributed by atoms with Crippen LogP contribution in [0.3, 0.4) is 0 Å². The van der Waals surface area contributed by atoms with E-state index in [1.54, 1.807) is 47.1 Å². The Hall–Kier alpha value is -2.07. The first kappa shape index (κ1) is 24.1. The standard InChI is InChI=1S/C23H30ClFN4O3Si/c1-5-10-29-19-7-6-16(24)13-18(19)23(22(29)31)15(2)21(33(3,4)25)20(32-23)8-11-28-14-17(9-12-30)26-27-28/h5-7,13-15,20-21,30H,1,8-12H2,2-4H3/t15-,20+,21-,23+/m0/s1. The summed E-state index contributed by atoms with van der Waals surface area (Å²) in [7, 11) is -3.22. The highest BCUT2D eigenvalue weighted by atomic mass is 35.5. The van der Waals surface area contributed by atoms with E-state index in [-0.39, 0.29) is 18.4 Å². The van der Waals surface area contributed by atoms with Crippen molar-refractivity contribution in [3.63, 3.8) is 0 Å². The summed E-state index contributed by atoms with van der Waals surface area (Å²) in [6, 6.07) is 5.35. The molecule has 4 rings (SSSR count). The number of fused-ring (bicyclic) bond motifs is 2. The van der Waals surface area contributed by atoms with Crippen LogP contribution in [0.5, 0.6) is 0 Å². The fourth-order valence-electron chi connectivity index (χ4n) is 5.54. The molecule has 2 aliphatic heterocycles. The second kappa shape index (κ2) is 8.94. The molecular formula is C23H30ClFN4O3Si. The van der Waals surface area contributed by atoms with E-state index in [2.05, 4.69) is 16.9 Å². The molecule has 0 saturated carbocycles. The van der Waals surface area contributed by atoms with Gasteiger partial charge >= 0.3 is 0 Å². The summed E-state index contributed by atoms with van der Waals surface area (Å²) in [5, 5.41) is 17.8. The maximum atomic E-state index is 15.7. The monoisotopic (exact) mass is 492 g/mol. The summed E-state index contributed by atoms with van der Waals surface area (Å²) in [6.07, 6.45) is 3.91. The molecule has 1 aromatic heterocycles. The Balaban J connectivity index is 1.70. The number of anilines is 1. The van der Waals surface area contributed by atoms with Crippen LogP contribution in [0.1, 0.15) is 24.6 Å². The third-order valence-electron chi connectivity index (χ3n) is 6.83. The van der Waals surface area contributed by atoms with Crippen LogP contribution in [0.15, 0.2) is 37.1 Å². The fourth-order valence-corrected chi connectivity index (χ4v) is 8.25. The minimum Gasteiger partial charge on any atom is -0.396 e. The Morgan fingerprint density at radius 3 is 2.85 bits per heavy atom. The van der Waals surface area contributed by atoms with Crippen LogP contribution >= 0.6 is 11.6 Å². The molecule has 1 amide bonds. The van der Waals surface area contributed by atoms with Crippen LogP contribution in [0.4, 0.5) is 9.80 Å². The molecule has 1 N–H and O–H groups in total. The number of hydrogen-bond acceptors (Lipinski definition) is 5. The average molecular weight is 493 g/mol. The van der Waals surface area contributed by atoms with Crippen molar-refractivity contribution >= 4 is 31.6 Å². The zero-order valence-corrected chi connectivity index (χ0v) is 20.9. The lowest BCUT2D eigenvalue weighted by molar-refractivity contribution is -0.145. The molecule has 178 valence electrons. The second-order valence-corrected chi connectivity index (χ2v) is 13.6. The predicted octanol–water partition coefficient (Wildman–Crippen LogP) is 3.86. The van der Waals surface area contributed by atoms with E-state index in [9.17, 15) is 4.79 Å². The lowest BCUT2D eigenvalue weighted by atomic mass is 9.82. The van der Waals surface area contributed by atoms with Crippen LogP contribution in [-0.4, -0.2) is 53.7 Å². The average Bonchev–Trinajstić information content (AvgIpc) is 3.38. The third kappa shape index (κ3) is 4.05. The van der Waals surface area contributed by atoms with Gasteiger partial charge in [-0.1, -0.05) is 29.8 Å². The summed E-state index contributed by atoms with van der Waals surface area (Å²) in [4.78, 5) is 15.5. The van der Waals surface area contributed by atoms with E-state index in [1.165, 1.54) is 0 Å². The van der Waals surface area contributed by atoms with Crippen molar-refractivity contribution in [2.75, 3.05) is 18.1 Å². The Morgan fingerprint density at radius 1 is 1.42 bits per heavy atom. The number of halogens is 2. The van der Waals surface area contributed by atoms with Crippen molar-refractivity contribution in [2.24, 2.45) is 5.92 Å².